The Labute approximate surface area is 181 Å². The molecule has 0 N–H and O–H groups in total. The van der Waals surface area contributed by atoms with Crippen molar-refractivity contribution in [1.82, 2.24) is 30.0 Å². The van der Waals surface area contributed by atoms with Crippen molar-refractivity contribution in [3.8, 4) is 0 Å². The highest BCUT2D eigenvalue weighted by molar-refractivity contribution is 9.13. The van der Waals surface area contributed by atoms with Crippen LogP contribution in [0.2, 0.25) is 5.15 Å². The second kappa shape index (κ2) is 9.92. The topological polar surface area (TPSA) is 79.9 Å². The molecule has 2 aromatic heterocycles. The van der Waals surface area contributed by atoms with Crippen molar-refractivity contribution in [2.24, 2.45) is 11.8 Å². The summed E-state index contributed by atoms with van der Waals surface area (Å²) in [7, 11) is 0. The van der Waals surface area contributed by atoms with Crippen molar-refractivity contribution in [2.45, 2.75) is 25.9 Å². The maximum atomic E-state index is 5.74. The molecule has 0 aliphatic carbocycles. The Morgan fingerprint density at radius 1 is 0.808 bits per heavy atom. The lowest BCUT2D eigenvalue weighted by Gasteiger charge is -2.04. The van der Waals surface area contributed by atoms with E-state index in [4.69, 9.17) is 21.1 Å². The fourth-order valence-electron chi connectivity index (χ4n) is 2.69. The molecule has 0 saturated carbocycles. The van der Waals surface area contributed by atoms with E-state index in [1.165, 1.54) is 0 Å². The molecule has 26 heavy (non-hydrogen) atoms. The van der Waals surface area contributed by atoms with Gasteiger partial charge in [0.1, 0.15) is 0 Å². The van der Waals surface area contributed by atoms with E-state index < -0.39 is 0 Å². The van der Waals surface area contributed by atoms with Crippen LogP contribution >= 0.6 is 59.4 Å². The van der Waals surface area contributed by atoms with Gasteiger partial charge in [-0.1, -0.05) is 11.6 Å². The summed E-state index contributed by atoms with van der Waals surface area (Å²) in [5, 5.41) is 17.0. The summed E-state index contributed by atoms with van der Waals surface area (Å²) >= 11 is 15.5. The molecule has 0 aromatic carbocycles. The van der Waals surface area contributed by atoms with Gasteiger partial charge in [0, 0.05) is 25.0 Å². The number of aromatic nitrogens is 6. The molecule has 2 unspecified atom stereocenters. The lowest BCUT2D eigenvalue weighted by atomic mass is 10.1. The Kier molecular flexibility index (Phi) is 7.88. The first-order valence-electron chi connectivity index (χ1n) is 8.19. The van der Waals surface area contributed by atoms with E-state index in [0.29, 0.717) is 21.6 Å². The molecule has 8 nitrogen and oxygen atoms in total. The minimum absolute atomic E-state index is 0.416. The first-order valence-corrected chi connectivity index (χ1v) is 10.9. The molecule has 12 heteroatoms. The minimum Gasteiger partial charge on any atom is -0.381 e. The van der Waals surface area contributed by atoms with Crippen molar-refractivity contribution in [3.05, 3.63) is 19.0 Å². The second-order valence-corrected chi connectivity index (χ2v) is 8.74. The summed E-state index contributed by atoms with van der Waals surface area (Å²) < 4.78 is 12.6. The normalized spacial score (nSPS) is 22.5. The highest BCUT2D eigenvalue weighted by Crippen LogP contribution is 2.20. The van der Waals surface area contributed by atoms with Crippen LogP contribution in [0.5, 0.6) is 0 Å². The predicted octanol–water partition coefficient (Wildman–Crippen LogP) is 3.57. The quantitative estimate of drug-likeness (QED) is 0.553. The summed E-state index contributed by atoms with van der Waals surface area (Å²) in [6, 6.07) is 0. The first-order chi connectivity index (χ1) is 12.5. The lowest BCUT2D eigenvalue weighted by molar-refractivity contribution is 0.180. The molecular formula is C14H18Br3ClN6O2. The fraction of sp³-hybridized carbons (Fsp3) is 0.714. The third-order valence-electron chi connectivity index (χ3n) is 4.04. The molecule has 2 fully saturated rings. The number of hydrogen-bond donors (Lipinski definition) is 0. The van der Waals surface area contributed by atoms with Gasteiger partial charge < -0.3 is 9.47 Å². The Bertz CT molecular complexity index is 616. The molecule has 4 rings (SSSR count). The average Bonchev–Trinajstić information content (AvgIpc) is 3.36. The van der Waals surface area contributed by atoms with E-state index >= 15 is 0 Å². The van der Waals surface area contributed by atoms with E-state index in [2.05, 4.69) is 68.2 Å². The summed E-state index contributed by atoms with van der Waals surface area (Å²) in [6.07, 6.45) is 2.19. The Morgan fingerprint density at radius 2 is 1.27 bits per heavy atom. The van der Waals surface area contributed by atoms with E-state index in [-0.39, 0.29) is 0 Å². The van der Waals surface area contributed by atoms with Gasteiger partial charge in [-0.25, -0.2) is 0 Å². The molecule has 0 radical (unpaired) electrons. The molecule has 2 aliphatic rings. The molecule has 0 spiro atoms. The van der Waals surface area contributed by atoms with Crippen molar-refractivity contribution >= 4 is 59.4 Å². The highest BCUT2D eigenvalue weighted by atomic mass is 79.9. The van der Waals surface area contributed by atoms with Gasteiger partial charge in [-0.15, -0.1) is 20.4 Å². The van der Waals surface area contributed by atoms with E-state index in [1.807, 2.05) is 0 Å². The van der Waals surface area contributed by atoms with Gasteiger partial charge in [0.15, 0.2) is 19.0 Å². The van der Waals surface area contributed by atoms with Gasteiger partial charge in [-0.05, 0) is 60.6 Å². The molecule has 2 atom stereocenters. The molecule has 144 valence electrons. The van der Waals surface area contributed by atoms with Crippen molar-refractivity contribution in [2.75, 3.05) is 26.4 Å². The van der Waals surface area contributed by atoms with Gasteiger partial charge in [-0.3, -0.25) is 0 Å². The third-order valence-corrected chi connectivity index (χ3v) is 6.66. The third kappa shape index (κ3) is 5.96. The van der Waals surface area contributed by atoms with Crippen LogP contribution in [0.4, 0.5) is 0 Å². The minimum atomic E-state index is 0.416. The fourth-order valence-corrected chi connectivity index (χ4v) is 3.61. The standard InChI is InChI=1S/C7H9Br2N3O.C7H9BrClN3O/c2*8-6-7(9)11-12(10-6)3-5-1-2-13-4-5/h2*5H,1-4H2. The summed E-state index contributed by atoms with van der Waals surface area (Å²) in [4.78, 5) is 3.32. The summed E-state index contributed by atoms with van der Waals surface area (Å²) in [6.45, 7) is 4.97. The van der Waals surface area contributed by atoms with E-state index in [1.54, 1.807) is 9.59 Å². The second-order valence-electron chi connectivity index (χ2n) is 6.13. The van der Waals surface area contributed by atoms with Crippen LogP contribution in [0.1, 0.15) is 12.8 Å². The van der Waals surface area contributed by atoms with Crippen LogP contribution in [-0.4, -0.2) is 56.4 Å². The smallest absolute Gasteiger partial charge is 0.185 e. The monoisotopic (exact) mass is 574 g/mol. The molecule has 4 heterocycles. The molecule has 2 aliphatic heterocycles. The summed E-state index contributed by atoms with van der Waals surface area (Å²) in [5.74, 6) is 1.08. The van der Waals surface area contributed by atoms with Gasteiger partial charge in [0.2, 0.25) is 0 Å². The van der Waals surface area contributed by atoms with Crippen molar-refractivity contribution in [1.29, 1.82) is 0 Å². The first kappa shape index (κ1) is 20.7. The largest absolute Gasteiger partial charge is 0.381 e. The zero-order valence-corrected chi connectivity index (χ0v) is 19.3. The summed E-state index contributed by atoms with van der Waals surface area (Å²) in [5.41, 5.74) is 0. The SMILES string of the molecule is Brc1nn(CC2CCOC2)nc1Br.Clc1nn(CC2CCOC2)nc1Br. The van der Waals surface area contributed by atoms with Crippen LogP contribution in [-0.2, 0) is 22.6 Å². The zero-order valence-electron chi connectivity index (χ0n) is 13.8. The maximum Gasteiger partial charge on any atom is 0.185 e. The predicted molar refractivity (Wildman–Crippen MR) is 106 cm³/mol. The number of ether oxygens (including phenoxy) is 2. The maximum absolute atomic E-state index is 5.74. The Hall–Kier alpha value is -0.0700. The molecule has 0 bridgehead atoms. The number of halogens is 4. The number of hydrogen-bond acceptors (Lipinski definition) is 6. The van der Waals surface area contributed by atoms with Crippen LogP contribution in [0, 0.1) is 11.8 Å². The highest BCUT2D eigenvalue weighted by Gasteiger charge is 2.18. The number of rotatable bonds is 4. The van der Waals surface area contributed by atoms with Gasteiger partial charge in [0.25, 0.3) is 0 Å². The van der Waals surface area contributed by atoms with E-state index in [9.17, 15) is 0 Å². The van der Waals surface area contributed by atoms with Crippen LogP contribution in [0.15, 0.2) is 13.8 Å². The molecule has 0 amide bonds. The van der Waals surface area contributed by atoms with Gasteiger partial charge >= 0.3 is 0 Å². The van der Waals surface area contributed by atoms with Gasteiger partial charge in [-0.2, -0.15) is 9.59 Å². The van der Waals surface area contributed by atoms with Gasteiger partial charge in [0.05, 0.1) is 26.3 Å². The number of nitrogens with zero attached hydrogens (tertiary/aromatic N) is 6. The Morgan fingerprint density at radius 3 is 1.65 bits per heavy atom. The Balaban J connectivity index is 0.000000151. The molecular weight excluding hydrogens is 559 g/mol. The lowest BCUT2D eigenvalue weighted by Crippen LogP contribution is -2.13. The zero-order chi connectivity index (χ0) is 18.5. The van der Waals surface area contributed by atoms with Crippen LogP contribution < -0.4 is 0 Å². The van der Waals surface area contributed by atoms with Crippen molar-refractivity contribution in [3.63, 3.8) is 0 Å². The average molecular weight is 578 g/mol. The van der Waals surface area contributed by atoms with E-state index in [0.717, 1.165) is 61.6 Å². The molecule has 2 aromatic rings. The van der Waals surface area contributed by atoms with Crippen LogP contribution in [0.25, 0.3) is 0 Å². The molecule has 2 saturated heterocycles. The van der Waals surface area contributed by atoms with Crippen LogP contribution in [0.3, 0.4) is 0 Å². The van der Waals surface area contributed by atoms with Crippen molar-refractivity contribution < 1.29 is 9.47 Å².